The van der Waals surface area contributed by atoms with E-state index in [2.05, 4.69) is 42.3 Å². The van der Waals surface area contributed by atoms with E-state index < -0.39 is 5.60 Å². The van der Waals surface area contributed by atoms with Gasteiger partial charge in [-0.15, -0.1) is 0 Å². The Morgan fingerprint density at radius 3 is 2.42 bits per heavy atom. The average molecular weight is 500 g/mol. The fourth-order valence-corrected chi connectivity index (χ4v) is 6.59. The molecule has 3 fully saturated rings. The first-order valence-electron chi connectivity index (χ1n) is 14.3. The summed E-state index contributed by atoms with van der Waals surface area (Å²) in [6.45, 7) is 14.8. The summed E-state index contributed by atoms with van der Waals surface area (Å²) in [5.41, 5.74) is 4.04. The molecule has 4 rings (SSSR count). The van der Waals surface area contributed by atoms with Crippen LogP contribution in [0.3, 0.4) is 0 Å². The van der Waals surface area contributed by atoms with Crippen LogP contribution in [0.5, 0.6) is 0 Å². The fourth-order valence-electron chi connectivity index (χ4n) is 6.59. The van der Waals surface area contributed by atoms with E-state index in [1.54, 1.807) is 0 Å². The molecule has 2 aliphatic heterocycles. The number of carbonyl (C=O) groups is 1. The van der Waals surface area contributed by atoms with E-state index in [9.17, 15) is 4.79 Å². The van der Waals surface area contributed by atoms with E-state index in [0.717, 1.165) is 32.6 Å². The van der Waals surface area contributed by atoms with Gasteiger partial charge in [0.05, 0.1) is 12.1 Å². The summed E-state index contributed by atoms with van der Waals surface area (Å²) < 4.78 is 11.5. The standard InChI is InChI=1S/C30H49N3O3/c1-7-30(8-2)14-11-22(12-15-30)26-19-23(32-17-13-24(21-32)35-6)9-10-25(26)27-20-31-16-18-33(27)28(34)36-29(3,4)5/h9-10,19,22,24,27,31H,7-8,11-18,20-21H2,1-6H3. The molecule has 2 atom stereocenters. The zero-order valence-corrected chi connectivity index (χ0v) is 23.6. The largest absolute Gasteiger partial charge is 0.444 e. The Bertz CT molecular complexity index is 882. The first-order chi connectivity index (χ1) is 17.2. The van der Waals surface area contributed by atoms with Gasteiger partial charge in [0.25, 0.3) is 0 Å². The van der Waals surface area contributed by atoms with Crippen LogP contribution in [0.2, 0.25) is 0 Å². The van der Waals surface area contributed by atoms with Crippen LogP contribution in [-0.2, 0) is 9.47 Å². The number of amides is 1. The van der Waals surface area contributed by atoms with Crippen molar-refractivity contribution in [3.63, 3.8) is 0 Å². The average Bonchev–Trinajstić information content (AvgIpc) is 3.37. The predicted molar refractivity (Wildman–Crippen MR) is 147 cm³/mol. The minimum absolute atomic E-state index is 0.00742. The number of carbonyl (C=O) groups excluding carboxylic acids is 1. The van der Waals surface area contributed by atoms with Gasteiger partial charge in [0.1, 0.15) is 5.60 Å². The summed E-state index contributed by atoms with van der Waals surface area (Å²) in [6.07, 6.45) is 8.77. The Hall–Kier alpha value is -1.79. The maximum atomic E-state index is 13.2. The molecule has 1 aliphatic carbocycles. The second-order valence-electron chi connectivity index (χ2n) is 12.3. The third kappa shape index (κ3) is 6.02. The number of anilines is 1. The number of nitrogens with one attached hydrogen (secondary N) is 1. The zero-order valence-electron chi connectivity index (χ0n) is 23.6. The predicted octanol–water partition coefficient (Wildman–Crippen LogP) is 6.26. The van der Waals surface area contributed by atoms with E-state index in [4.69, 9.17) is 9.47 Å². The van der Waals surface area contributed by atoms with Crippen LogP contribution in [0.25, 0.3) is 0 Å². The van der Waals surface area contributed by atoms with Crippen molar-refractivity contribution in [3.8, 4) is 0 Å². The van der Waals surface area contributed by atoms with E-state index >= 15 is 0 Å². The summed E-state index contributed by atoms with van der Waals surface area (Å²) in [5, 5.41) is 3.55. The van der Waals surface area contributed by atoms with Gasteiger partial charge in [0, 0.05) is 45.5 Å². The molecule has 1 aromatic carbocycles. The van der Waals surface area contributed by atoms with Gasteiger partial charge in [-0.3, -0.25) is 4.90 Å². The Balaban J connectivity index is 1.66. The number of hydrogen-bond acceptors (Lipinski definition) is 5. The Kier molecular flexibility index (Phi) is 8.56. The molecular formula is C30H49N3O3. The molecule has 1 saturated carbocycles. The Morgan fingerprint density at radius 2 is 1.81 bits per heavy atom. The maximum absolute atomic E-state index is 13.2. The van der Waals surface area contributed by atoms with Gasteiger partial charge in [-0.2, -0.15) is 0 Å². The van der Waals surface area contributed by atoms with Gasteiger partial charge in [0.15, 0.2) is 0 Å². The lowest BCUT2D eigenvalue weighted by molar-refractivity contribution is 0.0116. The summed E-state index contributed by atoms with van der Waals surface area (Å²) in [7, 11) is 1.82. The molecule has 6 heteroatoms. The van der Waals surface area contributed by atoms with E-state index in [1.807, 2.05) is 32.8 Å². The lowest BCUT2D eigenvalue weighted by Gasteiger charge is -2.42. The second-order valence-corrected chi connectivity index (χ2v) is 12.3. The highest BCUT2D eigenvalue weighted by atomic mass is 16.6. The summed E-state index contributed by atoms with van der Waals surface area (Å²) in [6, 6.07) is 7.02. The molecule has 202 valence electrons. The van der Waals surface area contributed by atoms with Crippen LogP contribution >= 0.6 is 0 Å². The van der Waals surface area contributed by atoms with Crippen LogP contribution < -0.4 is 10.2 Å². The molecule has 2 heterocycles. The van der Waals surface area contributed by atoms with Crippen LogP contribution in [0, 0.1) is 5.41 Å². The van der Waals surface area contributed by atoms with Crippen molar-refractivity contribution in [1.82, 2.24) is 10.2 Å². The smallest absolute Gasteiger partial charge is 0.410 e. The molecule has 1 N–H and O–H groups in total. The van der Waals surface area contributed by atoms with Crippen LogP contribution in [0.1, 0.15) is 103 Å². The number of nitrogens with zero attached hydrogens (tertiary/aromatic N) is 2. The zero-order chi connectivity index (χ0) is 25.9. The van der Waals surface area contributed by atoms with Crippen molar-refractivity contribution in [1.29, 1.82) is 0 Å². The van der Waals surface area contributed by atoms with Gasteiger partial charge in [-0.25, -0.2) is 4.79 Å². The van der Waals surface area contributed by atoms with E-state index in [1.165, 1.54) is 55.3 Å². The monoisotopic (exact) mass is 499 g/mol. The normalized spacial score (nSPS) is 25.3. The highest BCUT2D eigenvalue weighted by Crippen LogP contribution is 2.49. The van der Waals surface area contributed by atoms with Crippen molar-refractivity contribution in [3.05, 3.63) is 29.3 Å². The van der Waals surface area contributed by atoms with Crippen molar-refractivity contribution < 1.29 is 14.3 Å². The lowest BCUT2D eigenvalue weighted by Crippen LogP contribution is -2.50. The minimum atomic E-state index is -0.500. The SMILES string of the molecule is CCC1(CC)CCC(c2cc(N3CCC(OC)C3)ccc2C2CNCCN2C(=O)OC(C)(C)C)CC1. The maximum Gasteiger partial charge on any atom is 0.410 e. The highest BCUT2D eigenvalue weighted by molar-refractivity contribution is 5.69. The third-order valence-corrected chi connectivity index (χ3v) is 9.13. The first-order valence-corrected chi connectivity index (χ1v) is 14.3. The Labute approximate surface area is 219 Å². The number of rotatable bonds is 6. The van der Waals surface area contributed by atoms with Gasteiger partial charge in [-0.1, -0.05) is 32.8 Å². The highest BCUT2D eigenvalue weighted by Gasteiger charge is 2.37. The molecular weight excluding hydrogens is 450 g/mol. The molecule has 36 heavy (non-hydrogen) atoms. The van der Waals surface area contributed by atoms with Gasteiger partial charge >= 0.3 is 6.09 Å². The van der Waals surface area contributed by atoms with Crippen molar-refractivity contribution in [2.24, 2.45) is 5.41 Å². The van der Waals surface area contributed by atoms with Crippen LogP contribution in [0.4, 0.5) is 10.5 Å². The van der Waals surface area contributed by atoms with Crippen molar-refractivity contribution >= 4 is 11.8 Å². The molecule has 1 amide bonds. The molecule has 0 bridgehead atoms. The van der Waals surface area contributed by atoms with Crippen molar-refractivity contribution in [2.45, 2.75) is 103 Å². The number of benzene rings is 1. The molecule has 3 aliphatic rings. The molecule has 2 saturated heterocycles. The van der Waals surface area contributed by atoms with Gasteiger partial charge in [-0.05, 0) is 87.5 Å². The molecule has 6 nitrogen and oxygen atoms in total. The van der Waals surface area contributed by atoms with Gasteiger partial charge < -0.3 is 19.7 Å². The Morgan fingerprint density at radius 1 is 1.08 bits per heavy atom. The molecule has 1 aromatic rings. The van der Waals surface area contributed by atoms with E-state index in [-0.39, 0.29) is 12.1 Å². The van der Waals surface area contributed by atoms with Gasteiger partial charge in [0.2, 0.25) is 0 Å². The second kappa shape index (κ2) is 11.3. The summed E-state index contributed by atoms with van der Waals surface area (Å²) >= 11 is 0. The van der Waals surface area contributed by atoms with E-state index in [0.29, 0.717) is 24.0 Å². The summed E-state index contributed by atoms with van der Waals surface area (Å²) in [4.78, 5) is 17.7. The van der Waals surface area contributed by atoms with Crippen LogP contribution in [0.15, 0.2) is 18.2 Å². The molecule has 0 radical (unpaired) electrons. The number of methoxy groups -OCH3 is 1. The molecule has 0 spiro atoms. The fraction of sp³-hybridized carbons (Fsp3) is 0.767. The number of ether oxygens (including phenoxy) is 2. The molecule has 2 unspecified atom stereocenters. The third-order valence-electron chi connectivity index (χ3n) is 9.13. The number of piperazine rings is 1. The quantitative estimate of drug-likeness (QED) is 0.501. The summed E-state index contributed by atoms with van der Waals surface area (Å²) in [5.74, 6) is 0.536. The van der Waals surface area contributed by atoms with Crippen LogP contribution in [-0.4, -0.2) is 62.5 Å². The lowest BCUT2D eigenvalue weighted by atomic mass is 9.65. The first kappa shape index (κ1) is 27.3. The molecule has 0 aromatic heterocycles. The minimum Gasteiger partial charge on any atom is -0.444 e. The number of hydrogen-bond donors (Lipinski definition) is 1. The topological polar surface area (TPSA) is 54.0 Å². The van der Waals surface area contributed by atoms with Crippen molar-refractivity contribution in [2.75, 3.05) is 44.7 Å².